The van der Waals surface area contributed by atoms with E-state index in [0.29, 0.717) is 6.54 Å². The second kappa shape index (κ2) is 6.38. The molecule has 1 aliphatic heterocycles. The van der Waals surface area contributed by atoms with Crippen LogP contribution < -0.4 is 5.32 Å². The molecule has 2 bridgehead atoms. The summed E-state index contributed by atoms with van der Waals surface area (Å²) in [6.45, 7) is 2.71. The van der Waals surface area contributed by atoms with E-state index in [1.165, 1.54) is 0 Å². The second-order valence-electron chi connectivity index (χ2n) is 6.01. The average Bonchev–Trinajstić information content (AvgIpc) is 3.14. The van der Waals surface area contributed by atoms with Crippen molar-refractivity contribution >= 4 is 12.0 Å². The first-order valence-corrected chi connectivity index (χ1v) is 7.97. The topological polar surface area (TPSA) is 58.6 Å². The van der Waals surface area contributed by atoms with Crippen molar-refractivity contribution in [3.05, 3.63) is 35.9 Å². The lowest BCUT2D eigenvalue weighted by atomic mass is 9.99. The van der Waals surface area contributed by atoms with Crippen LogP contribution in [0, 0.1) is 5.92 Å². The van der Waals surface area contributed by atoms with Crippen LogP contribution >= 0.6 is 0 Å². The minimum Gasteiger partial charge on any atom is -0.459 e. The Morgan fingerprint density at radius 3 is 2.77 bits per heavy atom. The maximum Gasteiger partial charge on any atom is 0.329 e. The number of rotatable bonds is 4. The third-order valence-corrected chi connectivity index (χ3v) is 4.61. The molecule has 2 fully saturated rings. The number of nitrogens with zero attached hydrogens (tertiary/aromatic N) is 1. The number of piperidine rings is 1. The number of likely N-dealkylation sites (tertiary alicyclic amines) is 1. The minimum absolute atomic E-state index is 0.142. The molecule has 1 saturated carbocycles. The van der Waals surface area contributed by atoms with Crippen LogP contribution in [0.15, 0.2) is 30.3 Å². The molecule has 5 heteroatoms. The van der Waals surface area contributed by atoms with E-state index in [-0.39, 0.29) is 30.6 Å². The van der Waals surface area contributed by atoms with E-state index < -0.39 is 6.04 Å². The lowest BCUT2D eigenvalue weighted by Gasteiger charge is -2.33. The van der Waals surface area contributed by atoms with Gasteiger partial charge in [-0.05, 0) is 37.7 Å². The molecule has 1 aromatic carbocycles. The van der Waals surface area contributed by atoms with E-state index in [4.69, 9.17) is 4.74 Å². The molecular weight excluding hydrogens is 280 g/mol. The summed E-state index contributed by atoms with van der Waals surface area (Å²) in [6.07, 6.45) is 2.91. The third-order valence-electron chi connectivity index (χ3n) is 4.61. The van der Waals surface area contributed by atoms with Crippen LogP contribution in [0.25, 0.3) is 0 Å². The minimum atomic E-state index is -0.422. The number of amides is 2. The molecule has 1 aliphatic carbocycles. The highest BCUT2D eigenvalue weighted by Gasteiger charge is 2.52. The molecule has 118 valence electrons. The van der Waals surface area contributed by atoms with Crippen LogP contribution in [0.1, 0.15) is 31.7 Å². The predicted octanol–water partition coefficient (Wildman–Crippen LogP) is 2.31. The Labute approximate surface area is 130 Å². The van der Waals surface area contributed by atoms with Crippen LogP contribution in [0.4, 0.5) is 4.79 Å². The third kappa shape index (κ3) is 2.80. The fraction of sp³-hybridized carbons (Fsp3) is 0.529. The summed E-state index contributed by atoms with van der Waals surface area (Å²) in [4.78, 5) is 26.4. The number of fused-ring (bicyclic) bond motifs is 2. The van der Waals surface area contributed by atoms with Crippen LogP contribution in [0.3, 0.4) is 0 Å². The molecule has 1 aromatic rings. The number of urea groups is 1. The van der Waals surface area contributed by atoms with Crippen LogP contribution in [0.5, 0.6) is 0 Å². The first-order valence-electron chi connectivity index (χ1n) is 7.97. The Balaban J connectivity index is 1.66. The highest BCUT2D eigenvalue weighted by molar-refractivity contribution is 5.85. The van der Waals surface area contributed by atoms with Gasteiger partial charge in [-0.3, -0.25) is 0 Å². The van der Waals surface area contributed by atoms with Gasteiger partial charge in [0.05, 0.1) is 0 Å². The molecular formula is C17H22N2O3. The number of carbonyl (C=O) groups excluding carboxylic acids is 2. The summed E-state index contributed by atoms with van der Waals surface area (Å²) in [5.74, 6) is -0.0295. The number of hydrogen-bond donors (Lipinski definition) is 1. The van der Waals surface area contributed by atoms with E-state index in [0.717, 1.165) is 24.8 Å². The van der Waals surface area contributed by atoms with Gasteiger partial charge in [-0.25, -0.2) is 9.59 Å². The number of benzene rings is 1. The summed E-state index contributed by atoms with van der Waals surface area (Å²) < 4.78 is 5.46. The zero-order valence-corrected chi connectivity index (χ0v) is 12.8. The number of hydrogen-bond acceptors (Lipinski definition) is 3. The van der Waals surface area contributed by atoms with Gasteiger partial charge in [-0.15, -0.1) is 0 Å². The Morgan fingerprint density at radius 1 is 1.27 bits per heavy atom. The quantitative estimate of drug-likeness (QED) is 0.868. The molecule has 3 rings (SSSR count). The maximum absolute atomic E-state index is 12.5. The molecule has 1 heterocycles. The van der Waals surface area contributed by atoms with Crippen molar-refractivity contribution in [3.8, 4) is 0 Å². The van der Waals surface area contributed by atoms with E-state index in [1.54, 1.807) is 4.90 Å². The molecule has 2 aliphatic rings. The fourth-order valence-electron chi connectivity index (χ4n) is 3.64. The monoisotopic (exact) mass is 302 g/mol. The Bertz CT molecular complexity index is 546. The molecule has 3 atom stereocenters. The predicted molar refractivity (Wildman–Crippen MR) is 82.1 cm³/mol. The normalized spacial score (nSPS) is 26.0. The number of carbonyl (C=O) groups is 2. The van der Waals surface area contributed by atoms with Crippen molar-refractivity contribution in [2.75, 3.05) is 6.54 Å². The Hall–Kier alpha value is -2.04. The van der Waals surface area contributed by atoms with Gasteiger partial charge in [0.25, 0.3) is 0 Å². The zero-order valence-electron chi connectivity index (χ0n) is 12.8. The summed E-state index contributed by atoms with van der Waals surface area (Å²) in [7, 11) is 0. The zero-order chi connectivity index (χ0) is 15.5. The van der Waals surface area contributed by atoms with Gasteiger partial charge in [0.1, 0.15) is 12.6 Å². The summed E-state index contributed by atoms with van der Waals surface area (Å²) in [5.41, 5.74) is 0.962. The molecule has 0 spiro atoms. The number of ether oxygens (including phenoxy) is 1. The first-order chi connectivity index (χ1) is 10.7. The fourth-order valence-corrected chi connectivity index (χ4v) is 3.64. The van der Waals surface area contributed by atoms with Crippen molar-refractivity contribution in [2.24, 2.45) is 5.92 Å². The average molecular weight is 302 g/mol. The van der Waals surface area contributed by atoms with Crippen LogP contribution in [-0.2, 0) is 16.1 Å². The van der Waals surface area contributed by atoms with Gasteiger partial charge < -0.3 is 15.0 Å². The van der Waals surface area contributed by atoms with Gasteiger partial charge in [0, 0.05) is 12.6 Å². The molecule has 3 unspecified atom stereocenters. The number of esters is 1. The molecule has 2 amide bonds. The SMILES string of the molecule is CCNC(=O)N1C2CCC(C2)C1C(=O)OCc1ccccc1. The Morgan fingerprint density at radius 2 is 2.05 bits per heavy atom. The molecule has 22 heavy (non-hydrogen) atoms. The van der Waals surface area contributed by atoms with Gasteiger partial charge >= 0.3 is 12.0 Å². The van der Waals surface area contributed by atoms with E-state index >= 15 is 0 Å². The molecule has 5 nitrogen and oxygen atoms in total. The largest absolute Gasteiger partial charge is 0.459 e. The van der Waals surface area contributed by atoms with Gasteiger partial charge in [-0.1, -0.05) is 30.3 Å². The summed E-state index contributed by atoms with van der Waals surface area (Å²) >= 11 is 0. The van der Waals surface area contributed by atoms with E-state index in [1.807, 2.05) is 37.3 Å². The lowest BCUT2D eigenvalue weighted by Crippen LogP contribution is -2.53. The van der Waals surface area contributed by atoms with Gasteiger partial charge in [-0.2, -0.15) is 0 Å². The van der Waals surface area contributed by atoms with E-state index in [2.05, 4.69) is 5.32 Å². The van der Waals surface area contributed by atoms with Crippen molar-refractivity contribution < 1.29 is 14.3 Å². The van der Waals surface area contributed by atoms with Crippen molar-refractivity contribution in [3.63, 3.8) is 0 Å². The smallest absolute Gasteiger partial charge is 0.329 e. The summed E-state index contributed by atoms with van der Waals surface area (Å²) in [6, 6.07) is 9.24. The molecule has 0 radical (unpaired) electrons. The second-order valence-corrected chi connectivity index (χ2v) is 6.01. The van der Waals surface area contributed by atoms with Crippen LogP contribution in [-0.4, -0.2) is 35.5 Å². The van der Waals surface area contributed by atoms with Crippen molar-refractivity contribution in [1.82, 2.24) is 10.2 Å². The first kappa shape index (κ1) is 14.9. The Kier molecular flexibility index (Phi) is 4.32. The van der Waals surface area contributed by atoms with Gasteiger partial charge in [0.2, 0.25) is 0 Å². The number of nitrogens with one attached hydrogen (secondary N) is 1. The highest BCUT2D eigenvalue weighted by atomic mass is 16.5. The van der Waals surface area contributed by atoms with E-state index in [9.17, 15) is 9.59 Å². The van der Waals surface area contributed by atoms with Gasteiger partial charge in [0.15, 0.2) is 0 Å². The lowest BCUT2D eigenvalue weighted by molar-refractivity contribution is -0.151. The maximum atomic E-state index is 12.5. The molecule has 1 saturated heterocycles. The van der Waals surface area contributed by atoms with Crippen molar-refractivity contribution in [1.29, 1.82) is 0 Å². The van der Waals surface area contributed by atoms with Crippen molar-refractivity contribution in [2.45, 2.75) is 44.9 Å². The van der Waals surface area contributed by atoms with Crippen LogP contribution in [0.2, 0.25) is 0 Å². The highest BCUT2D eigenvalue weighted by Crippen LogP contribution is 2.42. The molecule has 1 N–H and O–H groups in total. The summed E-state index contributed by atoms with van der Waals surface area (Å²) in [5, 5.41) is 2.81. The molecule has 0 aromatic heterocycles. The standard InChI is InChI=1S/C17H22N2O3/c1-2-18-17(21)19-14-9-8-13(10-14)15(19)16(20)22-11-12-6-4-3-5-7-12/h3-7,13-15H,2,8-11H2,1H3,(H,18,21).